The minimum absolute atomic E-state index is 0.271. The second-order valence-electron chi connectivity index (χ2n) is 4.51. The highest BCUT2D eigenvalue weighted by Gasteiger charge is 2.23. The zero-order valence-corrected chi connectivity index (χ0v) is 10.4. The third-order valence-electron chi connectivity index (χ3n) is 2.87. The molecule has 0 bridgehead atoms. The molecule has 1 saturated heterocycles. The van der Waals surface area contributed by atoms with Crippen LogP contribution in [-0.2, 0) is 10.8 Å². The number of hydrogen-bond donors (Lipinski definition) is 1. The quantitative estimate of drug-likeness (QED) is 0.835. The Bertz CT molecular complexity index is 439. The Morgan fingerprint density at radius 3 is 2.88 bits per heavy atom. The molecular weight excluding hydrogens is 244 g/mol. The summed E-state index contributed by atoms with van der Waals surface area (Å²) in [6.45, 7) is 2.67. The highest BCUT2D eigenvalue weighted by atomic mass is 32.2. The van der Waals surface area contributed by atoms with E-state index in [1.54, 1.807) is 0 Å². The van der Waals surface area contributed by atoms with E-state index < -0.39 is 22.4 Å². The van der Waals surface area contributed by atoms with E-state index in [0.29, 0.717) is 18.1 Å². The van der Waals surface area contributed by atoms with E-state index in [1.807, 2.05) is 6.92 Å². The van der Waals surface area contributed by atoms with E-state index in [0.717, 1.165) is 12.1 Å². The van der Waals surface area contributed by atoms with Crippen molar-refractivity contribution >= 4 is 10.8 Å². The van der Waals surface area contributed by atoms with Gasteiger partial charge in [0.1, 0.15) is 11.6 Å². The van der Waals surface area contributed by atoms with Gasteiger partial charge in [-0.15, -0.1) is 0 Å². The van der Waals surface area contributed by atoms with Crippen LogP contribution in [0.25, 0.3) is 0 Å². The van der Waals surface area contributed by atoms with Crippen LogP contribution in [0.2, 0.25) is 0 Å². The fraction of sp³-hybridized carbons (Fsp3) is 0.500. The average molecular weight is 259 g/mol. The fourth-order valence-electron chi connectivity index (χ4n) is 2.01. The van der Waals surface area contributed by atoms with Gasteiger partial charge >= 0.3 is 0 Å². The summed E-state index contributed by atoms with van der Waals surface area (Å²) in [4.78, 5) is 0. The monoisotopic (exact) mass is 259 g/mol. The molecule has 0 saturated carbocycles. The van der Waals surface area contributed by atoms with Crippen LogP contribution in [-0.4, -0.2) is 22.3 Å². The van der Waals surface area contributed by atoms with Crippen LogP contribution in [0.5, 0.6) is 0 Å². The minimum Gasteiger partial charge on any atom is -0.309 e. The number of halogens is 2. The maximum absolute atomic E-state index is 13.6. The maximum atomic E-state index is 13.6. The molecule has 1 fully saturated rings. The maximum Gasteiger partial charge on any atom is 0.128 e. The molecule has 0 radical (unpaired) electrons. The van der Waals surface area contributed by atoms with Crippen LogP contribution in [0.3, 0.4) is 0 Å². The predicted octanol–water partition coefficient (Wildman–Crippen LogP) is 1.99. The van der Waals surface area contributed by atoms with E-state index in [9.17, 15) is 13.0 Å². The van der Waals surface area contributed by atoms with Crippen LogP contribution >= 0.6 is 0 Å². The van der Waals surface area contributed by atoms with Crippen molar-refractivity contribution < 1.29 is 13.0 Å². The van der Waals surface area contributed by atoms with Crippen molar-refractivity contribution in [3.63, 3.8) is 0 Å². The first-order valence-electron chi connectivity index (χ1n) is 5.59. The van der Waals surface area contributed by atoms with Gasteiger partial charge in [0.15, 0.2) is 0 Å². The average Bonchev–Trinajstić information content (AvgIpc) is 2.43. The fourth-order valence-corrected chi connectivity index (χ4v) is 3.57. The van der Waals surface area contributed by atoms with Crippen molar-refractivity contribution in [2.24, 2.45) is 5.92 Å². The molecule has 3 unspecified atom stereocenters. The Labute approximate surface area is 102 Å². The van der Waals surface area contributed by atoms with Crippen molar-refractivity contribution in [3.05, 3.63) is 35.4 Å². The van der Waals surface area contributed by atoms with Gasteiger partial charge in [0.2, 0.25) is 0 Å². The summed E-state index contributed by atoms with van der Waals surface area (Å²) >= 11 is 0. The largest absolute Gasteiger partial charge is 0.309 e. The van der Waals surface area contributed by atoms with Crippen LogP contribution < -0.4 is 5.32 Å². The van der Waals surface area contributed by atoms with Gasteiger partial charge in [-0.05, 0) is 30.7 Å². The third-order valence-corrected chi connectivity index (χ3v) is 4.52. The molecule has 2 rings (SSSR count). The standard InChI is InChI=1S/C12H15F2NOS/c1-8-5-15-12(7-17(16)6-8)10-4-9(13)2-3-11(10)14/h2-4,8,12,15H,5-7H2,1H3. The van der Waals surface area contributed by atoms with Gasteiger partial charge in [0.05, 0.1) is 0 Å². The van der Waals surface area contributed by atoms with Crippen molar-refractivity contribution in [1.29, 1.82) is 0 Å². The predicted molar refractivity (Wildman–Crippen MR) is 64.1 cm³/mol. The Morgan fingerprint density at radius 1 is 1.35 bits per heavy atom. The molecule has 1 aromatic rings. The highest BCUT2D eigenvalue weighted by molar-refractivity contribution is 7.85. The van der Waals surface area contributed by atoms with E-state index in [2.05, 4.69) is 5.32 Å². The molecular formula is C12H15F2NOS. The first-order valence-corrected chi connectivity index (χ1v) is 7.08. The summed E-state index contributed by atoms with van der Waals surface area (Å²) < 4.78 is 38.4. The summed E-state index contributed by atoms with van der Waals surface area (Å²) in [5, 5.41) is 3.15. The van der Waals surface area contributed by atoms with Crippen LogP contribution in [0.4, 0.5) is 8.78 Å². The summed E-state index contributed by atoms with van der Waals surface area (Å²) in [5.41, 5.74) is 0.271. The smallest absolute Gasteiger partial charge is 0.128 e. The van der Waals surface area contributed by atoms with Gasteiger partial charge < -0.3 is 5.32 Å². The Kier molecular flexibility index (Phi) is 3.89. The van der Waals surface area contributed by atoms with E-state index in [4.69, 9.17) is 0 Å². The number of benzene rings is 1. The summed E-state index contributed by atoms with van der Waals surface area (Å²) in [6.07, 6.45) is 0. The van der Waals surface area contributed by atoms with Crippen LogP contribution in [0.1, 0.15) is 18.5 Å². The Balaban J connectivity index is 2.26. The molecule has 3 atom stereocenters. The van der Waals surface area contributed by atoms with Crippen molar-refractivity contribution in [3.8, 4) is 0 Å². The number of hydrogen-bond acceptors (Lipinski definition) is 2. The molecule has 0 spiro atoms. The normalized spacial score (nSPS) is 29.9. The molecule has 2 nitrogen and oxygen atoms in total. The van der Waals surface area contributed by atoms with Crippen LogP contribution in [0.15, 0.2) is 18.2 Å². The molecule has 1 aromatic carbocycles. The zero-order valence-electron chi connectivity index (χ0n) is 9.58. The second-order valence-corrected chi connectivity index (χ2v) is 6.05. The lowest BCUT2D eigenvalue weighted by Gasteiger charge is -2.16. The lowest BCUT2D eigenvalue weighted by atomic mass is 10.1. The van der Waals surface area contributed by atoms with Crippen LogP contribution in [0, 0.1) is 17.6 Å². The van der Waals surface area contributed by atoms with Crippen molar-refractivity contribution in [1.82, 2.24) is 5.32 Å². The number of rotatable bonds is 1. The van der Waals surface area contributed by atoms with Crippen molar-refractivity contribution in [2.75, 3.05) is 18.1 Å². The van der Waals surface area contributed by atoms with Gasteiger partial charge in [0, 0.05) is 33.9 Å². The van der Waals surface area contributed by atoms with E-state index >= 15 is 0 Å². The second kappa shape index (κ2) is 5.23. The first-order chi connectivity index (χ1) is 8.06. The minimum atomic E-state index is -0.985. The van der Waals surface area contributed by atoms with Gasteiger partial charge in [0.25, 0.3) is 0 Å². The van der Waals surface area contributed by atoms with Crippen molar-refractivity contribution in [2.45, 2.75) is 13.0 Å². The molecule has 94 valence electrons. The molecule has 0 aliphatic carbocycles. The SMILES string of the molecule is CC1CNC(c2cc(F)ccc2F)CS(=O)C1. The third kappa shape index (κ3) is 3.10. The van der Waals surface area contributed by atoms with Gasteiger partial charge in [-0.1, -0.05) is 6.92 Å². The summed E-state index contributed by atoms with van der Waals surface area (Å²) in [6, 6.07) is 3.02. The molecule has 1 aliphatic rings. The number of nitrogens with one attached hydrogen (secondary N) is 1. The summed E-state index contributed by atoms with van der Waals surface area (Å²) in [5.74, 6) is 0.324. The molecule has 5 heteroatoms. The molecule has 1 N–H and O–H groups in total. The molecule has 17 heavy (non-hydrogen) atoms. The lowest BCUT2D eigenvalue weighted by Crippen LogP contribution is -2.26. The molecule has 1 aliphatic heterocycles. The van der Waals surface area contributed by atoms with Gasteiger partial charge in [-0.25, -0.2) is 8.78 Å². The Hall–Kier alpha value is -0.810. The van der Waals surface area contributed by atoms with Gasteiger partial charge in [-0.3, -0.25) is 4.21 Å². The highest BCUT2D eigenvalue weighted by Crippen LogP contribution is 2.22. The topological polar surface area (TPSA) is 29.1 Å². The van der Waals surface area contributed by atoms with E-state index in [1.165, 1.54) is 6.07 Å². The molecule has 0 amide bonds. The first kappa shape index (κ1) is 12.6. The zero-order chi connectivity index (χ0) is 12.4. The Morgan fingerprint density at radius 2 is 2.12 bits per heavy atom. The van der Waals surface area contributed by atoms with Gasteiger partial charge in [-0.2, -0.15) is 0 Å². The molecule has 1 heterocycles. The molecule has 0 aromatic heterocycles. The summed E-state index contributed by atoms with van der Waals surface area (Å²) in [7, 11) is -0.985. The van der Waals surface area contributed by atoms with E-state index in [-0.39, 0.29) is 17.5 Å². The lowest BCUT2D eigenvalue weighted by molar-refractivity contribution is 0.492.